The lowest BCUT2D eigenvalue weighted by Gasteiger charge is -2.14. The van der Waals surface area contributed by atoms with Gasteiger partial charge in [-0.1, -0.05) is 12.1 Å². The van der Waals surface area contributed by atoms with E-state index in [0.717, 1.165) is 24.2 Å². The van der Waals surface area contributed by atoms with Crippen molar-refractivity contribution in [2.24, 2.45) is 4.99 Å². The second kappa shape index (κ2) is 12.0. The van der Waals surface area contributed by atoms with Gasteiger partial charge >= 0.3 is 0 Å². The Kier molecular flexibility index (Phi) is 9.44. The lowest BCUT2D eigenvalue weighted by Crippen LogP contribution is -2.37. The number of halogens is 1. The first-order valence-electron chi connectivity index (χ1n) is 9.62. The van der Waals surface area contributed by atoms with Crippen LogP contribution in [0.4, 0.5) is 0 Å². The Hall–Kier alpha value is -2.95. The molecule has 0 saturated heterocycles. The molecule has 2 aromatic carbocycles. The van der Waals surface area contributed by atoms with E-state index in [2.05, 4.69) is 45.0 Å². The first-order chi connectivity index (χ1) is 14.6. The molecular weight excluding hydrogens is 509 g/mol. The highest BCUT2D eigenvalue weighted by Gasteiger charge is 2.11. The van der Waals surface area contributed by atoms with Gasteiger partial charge in [-0.15, -0.1) is 24.0 Å². The summed E-state index contributed by atoms with van der Waals surface area (Å²) >= 11 is 0. The van der Waals surface area contributed by atoms with Gasteiger partial charge in [-0.3, -0.25) is 4.99 Å². The van der Waals surface area contributed by atoms with Gasteiger partial charge in [0, 0.05) is 32.5 Å². The van der Waals surface area contributed by atoms with Gasteiger partial charge in [0.15, 0.2) is 17.5 Å². The summed E-state index contributed by atoms with van der Waals surface area (Å²) in [6.45, 7) is 1.24. The fourth-order valence-electron chi connectivity index (χ4n) is 3.02. The molecule has 0 amide bonds. The van der Waals surface area contributed by atoms with Crippen LogP contribution in [0.2, 0.25) is 0 Å². The molecule has 0 fully saturated rings. The summed E-state index contributed by atoms with van der Waals surface area (Å²) in [7, 11) is 4.74. The van der Waals surface area contributed by atoms with Gasteiger partial charge in [-0.05, 0) is 47.9 Å². The minimum absolute atomic E-state index is 0. The number of benzene rings is 2. The zero-order valence-electron chi connectivity index (χ0n) is 17.8. The molecule has 3 rings (SSSR count). The monoisotopic (exact) mass is 537 g/mol. The van der Waals surface area contributed by atoms with Crippen molar-refractivity contribution in [1.29, 1.82) is 0 Å². The predicted octanol–water partition coefficient (Wildman–Crippen LogP) is 3.12. The van der Waals surface area contributed by atoms with Gasteiger partial charge in [-0.2, -0.15) is 5.10 Å². The Morgan fingerprint density at radius 2 is 1.74 bits per heavy atom. The van der Waals surface area contributed by atoms with Crippen LogP contribution in [0, 0.1) is 0 Å². The molecule has 1 heterocycles. The van der Waals surface area contributed by atoms with Crippen molar-refractivity contribution in [2.75, 3.05) is 27.8 Å². The summed E-state index contributed by atoms with van der Waals surface area (Å²) in [4.78, 5) is 4.26. The van der Waals surface area contributed by atoms with E-state index < -0.39 is 0 Å². The topological polar surface area (TPSA) is 92.9 Å². The number of ether oxygens (including phenoxy) is 2. The molecular formula is C22H28IN5O3. The molecule has 0 aliphatic carbocycles. The number of rotatable bonds is 8. The molecule has 1 aromatic heterocycles. The summed E-state index contributed by atoms with van der Waals surface area (Å²) in [5.74, 6) is 1.42. The average Bonchev–Trinajstić information content (AvgIpc) is 3.32. The minimum atomic E-state index is -0.00941. The number of hydrogen-bond donors (Lipinski definition) is 3. The average molecular weight is 537 g/mol. The van der Waals surface area contributed by atoms with Crippen LogP contribution in [-0.2, 0) is 13.0 Å². The van der Waals surface area contributed by atoms with Crippen LogP contribution in [0.25, 0.3) is 5.69 Å². The van der Waals surface area contributed by atoms with Crippen molar-refractivity contribution in [2.45, 2.75) is 13.0 Å². The number of nitrogens with one attached hydrogen (secondary N) is 2. The molecule has 0 spiro atoms. The van der Waals surface area contributed by atoms with Gasteiger partial charge in [0.1, 0.15) is 0 Å². The third-order valence-electron chi connectivity index (χ3n) is 4.63. The molecule has 0 radical (unpaired) electrons. The number of hydrogen-bond acceptors (Lipinski definition) is 5. The van der Waals surface area contributed by atoms with E-state index in [-0.39, 0.29) is 29.7 Å². The maximum Gasteiger partial charge on any atom is 0.200 e. The van der Waals surface area contributed by atoms with E-state index in [0.29, 0.717) is 24.0 Å². The van der Waals surface area contributed by atoms with Gasteiger partial charge < -0.3 is 25.2 Å². The number of guanidine groups is 1. The zero-order valence-corrected chi connectivity index (χ0v) is 20.2. The number of phenols is 1. The zero-order chi connectivity index (χ0) is 21.3. The molecule has 0 unspecified atom stereocenters. The third-order valence-corrected chi connectivity index (χ3v) is 4.63. The summed E-state index contributed by atoms with van der Waals surface area (Å²) < 4.78 is 12.2. The van der Waals surface area contributed by atoms with Crippen molar-refractivity contribution >= 4 is 29.9 Å². The maximum atomic E-state index is 10.0. The Morgan fingerprint density at radius 1 is 1.06 bits per heavy atom. The van der Waals surface area contributed by atoms with Gasteiger partial charge in [0.05, 0.1) is 19.9 Å². The number of aliphatic imine (C=N–C) groups is 1. The quantitative estimate of drug-likeness (QED) is 0.233. The first-order valence-corrected chi connectivity index (χ1v) is 9.62. The largest absolute Gasteiger partial charge is 0.502 e. The number of aromatic nitrogens is 2. The Balaban J connectivity index is 0.00000341. The third kappa shape index (κ3) is 6.51. The standard InChI is InChI=1S/C22H27N5O3.HI/c1-23-22(25-15-17-13-19(29-2)21(28)20(14-17)30-3)24-11-9-16-5-7-18(8-6-16)27-12-4-10-26-27;/h4-8,10,12-14,28H,9,11,15H2,1-3H3,(H2,23,24,25);1H. The van der Waals surface area contributed by atoms with Crippen LogP contribution in [0.1, 0.15) is 11.1 Å². The molecule has 8 nitrogen and oxygen atoms in total. The van der Waals surface area contributed by atoms with Gasteiger partial charge in [0.2, 0.25) is 5.75 Å². The van der Waals surface area contributed by atoms with Crippen LogP contribution in [0.3, 0.4) is 0 Å². The highest BCUT2D eigenvalue weighted by Crippen LogP contribution is 2.36. The molecule has 9 heteroatoms. The van der Waals surface area contributed by atoms with Crippen molar-refractivity contribution < 1.29 is 14.6 Å². The van der Waals surface area contributed by atoms with E-state index >= 15 is 0 Å². The summed E-state index contributed by atoms with van der Waals surface area (Å²) in [5.41, 5.74) is 3.16. The van der Waals surface area contributed by atoms with Crippen LogP contribution < -0.4 is 20.1 Å². The first kappa shape index (κ1) is 24.3. The van der Waals surface area contributed by atoms with Crippen LogP contribution in [-0.4, -0.2) is 48.7 Å². The molecule has 3 N–H and O–H groups in total. The SMILES string of the molecule is CN=C(NCCc1ccc(-n2cccn2)cc1)NCc1cc(OC)c(O)c(OC)c1.I. The van der Waals surface area contributed by atoms with E-state index in [4.69, 9.17) is 9.47 Å². The van der Waals surface area contributed by atoms with Crippen molar-refractivity contribution in [1.82, 2.24) is 20.4 Å². The van der Waals surface area contributed by atoms with Crippen molar-refractivity contribution in [3.63, 3.8) is 0 Å². The number of phenolic OH excluding ortho intramolecular Hbond substituents is 1. The van der Waals surface area contributed by atoms with Gasteiger partial charge in [0.25, 0.3) is 0 Å². The van der Waals surface area contributed by atoms with E-state index in [1.165, 1.54) is 19.8 Å². The van der Waals surface area contributed by atoms with E-state index in [1.54, 1.807) is 25.4 Å². The molecule has 0 saturated carbocycles. The van der Waals surface area contributed by atoms with E-state index in [1.807, 2.05) is 16.9 Å². The summed E-state index contributed by atoms with van der Waals surface area (Å²) in [6, 6.07) is 13.7. The lowest BCUT2D eigenvalue weighted by atomic mass is 10.1. The fourth-order valence-corrected chi connectivity index (χ4v) is 3.02. The van der Waals surface area contributed by atoms with Gasteiger partial charge in [-0.25, -0.2) is 4.68 Å². The van der Waals surface area contributed by atoms with Crippen LogP contribution >= 0.6 is 24.0 Å². The Bertz CT molecular complexity index is 950. The van der Waals surface area contributed by atoms with E-state index in [9.17, 15) is 5.11 Å². The molecule has 0 atom stereocenters. The molecule has 0 bridgehead atoms. The molecule has 31 heavy (non-hydrogen) atoms. The Morgan fingerprint density at radius 3 is 2.29 bits per heavy atom. The second-order valence-electron chi connectivity index (χ2n) is 6.57. The van der Waals surface area contributed by atoms with Crippen molar-refractivity contribution in [3.05, 3.63) is 66.0 Å². The Labute approximate surface area is 199 Å². The highest BCUT2D eigenvalue weighted by atomic mass is 127. The number of nitrogens with zero attached hydrogens (tertiary/aromatic N) is 3. The molecule has 3 aromatic rings. The normalized spacial score (nSPS) is 10.9. The minimum Gasteiger partial charge on any atom is -0.502 e. The predicted molar refractivity (Wildman–Crippen MR) is 132 cm³/mol. The second-order valence-corrected chi connectivity index (χ2v) is 6.57. The van der Waals surface area contributed by atoms with Crippen LogP contribution in [0.15, 0.2) is 59.9 Å². The van der Waals surface area contributed by atoms with Crippen LogP contribution in [0.5, 0.6) is 17.2 Å². The lowest BCUT2D eigenvalue weighted by molar-refractivity contribution is 0.339. The smallest absolute Gasteiger partial charge is 0.200 e. The van der Waals surface area contributed by atoms with Crippen molar-refractivity contribution in [3.8, 4) is 22.9 Å². The highest BCUT2D eigenvalue weighted by molar-refractivity contribution is 14.0. The molecule has 166 valence electrons. The number of methoxy groups -OCH3 is 2. The summed E-state index contributed by atoms with van der Waals surface area (Å²) in [6.07, 6.45) is 4.55. The molecule has 0 aliphatic heterocycles. The fraction of sp³-hybridized carbons (Fsp3) is 0.273. The molecule has 0 aliphatic rings. The number of aromatic hydroxyl groups is 1. The summed E-state index contributed by atoms with van der Waals surface area (Å²) in [5, 5.41) is 20.8. The maximum absolute atomic E-state index is 10.0.